The van der Waals surface area contributed by atoms with Crippen molar-refractivity contribution in [1.82, 2.24) is 19.9 Å². The molecule has 0 aliphatic heterocycles. The first kappa shape index (κ1) is 17.1. The van der Waals surface area contributed by atoms with Crippen molar-refractivity contribution in [2.45, 2.75) is 26.1 Å². The second-order valence-electron chi connectivity index (χ2n) is 5.53. The number of nitrogen functional groups attached to an aromatic ring is 1. The fourth-order valence-corrected chi connectivity index (χ4v) is 2.34. The Bertz CT molecular complexity index is 938. The van der Waals surface area contributed by atoms with E-state index in [0.29, 0.717) is 16.3 Å². The van der Waals surface area contributed by atoms with Crippen LogP contribution >= 0.6 is 11.6 Å². The van der Waals surface area contributed by atoms with Gasteiger partial charge in [0.2, 0.25) is 11.7 Å². The van der Waals surface area contributed by atoms with E-state index in [1.54, 1.807) is 31.2 Å². The number of alkyl halides is 1. The van der Waals surface area contributed by atoms with Gasteiger partial charge >= 0.3 is 0 Å². The zero-order valence-corrected chi connectivity index (χ0v) is 14.1. The number of nitrogens with two attached hydrogens (primary N) is 1. The number of hydrogen-bond acceptors (Lipinski definition) is 6. The molecule has 1 aromatic carbocycles. The van der Waals surface area contributed by atoms with Crippen molar-refractivity contribution >= 4 is 17.3 Å². The Labute approximate surface area is 147 Å². The molecule has 7 nitrogen and oxygen atoms in total. The summed E-state index contributed by atoms with van der Waals surface area (Å²) >= 11 is 5.80. The maximum atomic E-state index is 14.4. The van der Waals surface area contributed by atoms with Crippen molar-refractivity contribution in [2.24, 2.45) is 0 Å². The van der Waals surface area contributed by atoms with Gasteiger partial charge in [-0.15, -0.1) is 0 Å². The summed E-state index contributed by atoms with van der Waals surface area (Å²) in [7, 11) is 0. The summed E-state index contributed by atoms with van der Waals surface area (Å²) in [6.07, 6.45) is 0.0264. The van der Waals surface area contributed by atoms with Crippen LogP contribution in [0.25, 0.3) is 0 Å². The van der Waals surface area contributed by atoms with Gasteiger partial charge in [-0.05, 0) is 24.6 Å². The fraction of sp³-hybridized carbons (Fsp3) is 0.250. The smallest absolute Gasteiger partial charge is 0.272 e. The van der Waals surface area contributed by atoms with Crippen molar-refractivity contribution in [2.75, 3.05) is 5.73 Å². The molecule has 0 fully saturated rings. The molecule has 2 N–H and O–H groups in total. The second kappa shape index (κ2) is 7.02. The van der Waals surface area contributed by atoms with Gasteiger partial charge in [-0.3, -0.25) is 4.79 Å². The molecule has 130 valence electrons. The number of aromatic nitrogens is 4. The number of nitrogens with zero attached hydrogens (tertiary/aromatic N) is 4. The van der Waals surface area contributed by atoms with Gasteiger partial charge < -0.3 is 10.3 Å². The molecule has 0 aliphatic rings. The predicted octanol–water partition coefficient (Wildman–Crippen LogP) is 2.47. The normalized spacial score (nSPS) is 12.3. The predicted molar refractivity (Wildman–Crippen MR) is 90.1 cm³/mol. The first-order valence-electron chi connectivity index (χ1n) is 7.47. The first-order chi connectivity index (χ1) is 11.9. The van der Waals surface area contributed by atoms with Crippen LogP contribution in [0, 0.1) is 6.92 Å². The van der Waals surface area contributed by atoms with Crippen LogP contribution in [0.1, 0.15) is 29.0 Å². The zero-order chi connectivity index (χ0) is 18.0. The number of rotatable bonds is 5. The molecule has 9 heteroatoms. The molecule has 0 unspecified atom stereocenters. The lowest BCUT2D eigenvalue weighted by molar-refractivity contribution is 0.303. The molecule has 0 saturated heterocycles. The Morgan fingerprint density at radius 2 is 2.08 bits per heavy atom. The molecule has 25 heavy (non-hydrogen) atoms. The van der Waals surface area contributed by atoms with Crippen LogP contribution in [0.15, 0.2) is 39.8 Å². The lowest BCUT2D eigenvalue weighted by atomic mass is 10.1. The minimum Gasteiger partial charge on any atom is -0.397 e. The van der Waals surface area contributed by atoms with Crippen LogP contribution in [0.3, 0.4) is 0 Å². The van der Waals surface area contributed by atoms with Crippen LogP contribution in [0.5, 0.6) is 0 Å². The Balaban J connectivity index is 1.73. The van der Waals surface area contributed by atoms with E-state index in [2.05, 4.69) is 15.2 Å². The highest BCUT2D eigenvalue weighted by Gasteiger charge is 2.19. The molecule has 3 aromatic rings. The molecular weight excluding hydrogens is 349 g/mol. The maximum absolute atomic E-state index is 14.4. The van der Waals surface area contributed by atoms with Crippen LogP contribution in [-0.4, -0.2) is 19.9 Å². The summed E-state index contributed by atoms with van der Waals surface area (Å²) in [4.78, 5) is 16.1. The third-order valence-electron chi connectivity index (χ3n) is 3.70. The first-order valence-corrected chi connectivity index (χ1v) is 7.85. The quantitative estimate of drug-likeness (QED) is 0.747. The van der Waals surface area contributed by atoms with Gasteiger partial charge in [-0.1, -0.05) is 28.9 Å². The van der Waals surface area contributed by atoms with Gasteiger partial charge in [0, 0.05) is 17.0 Å². The molecule has 3 rings (SSSR count). The summed E-state index contributed by atoms with van der Waals surface area (Å²) < 4.78 is 20.5. The highest BCUT2D eigenvalue weighted by atomic mass is 35.5. The van der Waals surface area contributed by atoms with Crippen molar-refractivity contribution in [3.63, 3.8) is 0 Å². The average Bonchev–Trinajstić information content (AvgIpc) is 3.06. The molecule has 0 radical (unpaired) electrons. The van der Waals surface area contributed by atoms with E-state index >= 15 is 0 Å². The van der Waals surface area contributed by atoms with Crippen molar-refractivity contribution in [3.8, 4) is 0 Å². The third kappa shape index (κ3) is 3.85. The summed E-state index contributed by atoms with van der Waals surface area (Å²) in [5.74, 6) is 0.0118. The maximum Gasteiger partial charge on any atom is 0.272 e. The van der Waals surface area contributed by atoms with Crippen LogP contribution in [0.4, 0.5) is 10.1 Å². The minimum atomic E-state index is -1.43. The van der Waals surface area contributed by atoms with Gasteiger partial charge in [-0.25, -0.2) is 9.07 Å². The van der Waals surface area contributed by atoms with Gasteiger partial charge in [0.25, 0.3) is 5.56 Å². The van der Waals surface area contributed by atoms with E-state index in [9.17, 15) is 9.18 Å². The number of benzene rings is 1. The molecule has 0 amide bonds. The van der Waals surface area contributed by atoms with E-state index in [-0.39, 0.29) is 30.2 Å². The number of halogens is 2. The number of anilines is 1. The standard InChI is InChI=1S/C16H15ClFN5O2/c1-9-13(19)7-20-23(16(9)24)8-14-21-15(22-25-14)12(18)6-10-2-4-11(17)5-3-10/h2-5,7,12H,6,8,19H2,1H3/t12-/m1/s1. The van der Waals surface area contributed by atoms with Crippen LogP contribution in [-0.2, 0) is 13.0 Å². The molecule has 0 saturated carbocycles. The van der Waals surface area contributed by atoms with Crippen molar-refractivity contribution < 1.29 is 8.91 Å². The molecule has 2 heterocycles. The van der Waals surface area contributed by atoms with E-state index in [0.717, 1.165) is 10.2 Å². The van der Waals surface area contributed by atoms with E-state index < -0.39 is 6.17 Å². The molecule has 2 aromatic heterocycles. The van der Waals surface area contributed by atoms with Crippen molar-refractivity contribution in [3.05, 3.63) is 68.7 Å². The lowest BCUT2D eigenvalue weighted by Gasteiger charge is -2.04. The highest BCUT2D eigenvalue weighted by Crippen LogP contribution is 2.21. The van der Waals surface area contributed by atoms with Gasteiger partial charge in [0.1, 0.15) is 6.54 Å². The van der Waals surface area contributed by atoms with E-state index in [1.807, 2.05) is 0 Å². The topological polar surface area (TPSA) is 99.8 Å². The average molecular weight is 364 g/mol. The second-order valence-corrected chi connectivity index (χ2v) is 5.97. The third-order valence-corrected chi connectivity index (χ3v) is 3.95. The Morgan fingerprint density at radius 3 is 2.80 bits per heavy atom. The SMILES string of the molecule is Cc1c(N)cnn(Cc2nc([C@H](F)Cc3ccc(Cl)cc3)no2)c1=O. The van der Waals surface area contributed by atoms with E-state index in [1.165, 1.54) is 6.20 Å². The number of hydrogen-bond donors (Lipinski definition) is 1. The van der Waals surface area contributed by atoms with Gasteiger partial charge in [0.15, 0.2) is 6.17 Å². The Kier molecular flexibility index (Phi) is 4.80. The molecule has 0 bridgehead atoms. The monoisotopic (exact) mass is 363 g/mol. The Morgan fingerprint density at radius 1 is 1.36 bits per heavy atom. The summed E-state index contributed by atoms with van der Waals surface area (Å²) in [6, 6.07) is 6.84. The molecular formula is C16H15ClFN5O2. The lowest BCUT2D eigenvalue weighted by Crippen LogP contribution is -2.26. The molecule has 0 spiro atoms. The van der Waals surface area contributed by atoms with Gasteiger partial charge in [-0.2, -0.15) is 10.1 Å². The minimum absolute atomic E-state index is 0.0549. The fourth-order valence-electron chi connectivity index (χ4n) is 2.22. The molecule has 0 aliphatic carbocycles. The van der Waals surface area contributed by atoms with Crippen molar-refractivity contribution in [1.29, 1.82) is 0 Å². The largest absolute Gasteiger partial charge is 0.397 e. The zero-order valence-electron chi connectivity index (χ0n) is 13.3. The van der Waals surface area contributed by atoms with E-state index in [4.69, 9.17) is 21.9 Å². The van der Waals surface area contributed by atoms with Crippen LogP contribution < -0.4 is 11.3 Å². The molecule has 1 atom stereocenters. The summed E-state index contributed by atoms with van der Waals surface area (Å²) in [5.41, 5.74) is 6.70. The highest BCUT2D eigenvalue weighted by molar-refractivity contribution is 6.30. The Hall–Kier alpha value is -2.74. The summed E-state index contributed by atoms with van der Waals surface area (Å²) in [5, 5.41) is 8.13. The van der Waals surface area contributed by atoms with Gasteiger partial charge in [0.05, 0.1) is 11.9 Å². The summed E-state index contributed by atoms with van der Waals surface area (Å²) in [6.45, 7) is 1.54. The van der Waals surface area contributed by atoms with Crippen LogP contribution in [0.2, 0.25) is 5.02 Å².